The van der Waals surface area contributed by atoms with Gasteiger partial charge < -0.3 is 10.4 Å². The van der Waals surface area contributed by atoms with Crippen molar-refractivity contribution in [3.63, 3.8) is 0 Å². The Morgan fingerprint density at radius 1 is 1.25 bits per heavy atom. The maximum absolute atomic E-state index is 13.0. The molecule has 0 fully saturated rings. The van der Waals surface area contributed by atoms with E-state index in [9.17, 15) is 13.6 Å². The van der Waals surface area contributed by atoms with Gasteiger partial charge in [-0.2, -0.15) is 0 Å². The Balaban J connectivity index is 2.11. The lowest BCUT2D eigenvalue weighted by Gasteiger charge is -2.03. The van der Waals surface area contributed by atoms with E-state index < -0.39 is 17.5 Å². The van der Waals surface area contributed by atoms with Crippen LogP contribution in [0.2, 0.25) is 0 Å². The predicted octanol–water partition coefficient (Wildman–Crippen LogP) is 2.62. The van der Waals surface area contributed by atoms with Crippen LogP contribution in [0, 0.1) is 23.5 Å². The minimum Gasteiger partial charge on any atom is -0.384 e. The number of carbonyl (C=O) groups is 1. The fourth-order valence-electron chi connectivity index (χ4n) is 1.42. The molecule has 3 nitrogen and oxygen atoms in total. The van der Waals surface area contributed by atoms with Crippen LogP contribution < -0.4 is 5.32 Å². The third-order valence-electron chi connectivity index (χ3n) is 2.30. The number of carbonyl (C=O) groups excluding carboxylic acids is 1. The lowest BCUT2D eigenvalue weighted by Crippen LogP contribution is -2.10. The summed E-state index contributed by atoms with van der Waals surface area (Å²) in [4.78, 5) is 12.9. The fourth-order valence-corrected chi connectivity index (χ4v) is 2.20. The van der Waals surface area contributed by atoms with Crippen molar-refractivity contribution in [2.75, 3.05) is 11.9 Å². The van der Waals surface area contributed by atoms with Gasteiger partial charge in [-0.05, 0) is 24.3 Å². The van der Waals surface area contributed by atoms with Crippen LogP contribution in [0.3, 0.4) is 0 Å². The van der Waals surface area contributed by atoms with Crippen LogP contribution in [0.15, 0.2) is 30.3 Å². The Labute approximate surface area is 117 Å². The number of benzene rings is 1. The molecule has 0 atom stereocenters. The van der Waals surface area contributed by atoms with Crippen LogP contribution in [0.25, 0.3) is 0 Å². The number of thiophene rings is 1. The average molecular weight is 293 g/mol. The minimum absolute atomic E-state index is 0.172. The molecule has 0 aliphatic heterocycles. The molecule has 2 aromatic rings. The van der Waals surface area contributed by atoms with Crippen molar-refractivity contribution in [3.8, 4) is 11.8 Å². The number of anilines is 1. The molecule has 1 heterocycles. The Hall–Kier alpha value is -2.23. The molecule has 1 aromatic carbocycles. The molecule has 0 saturated heterocycles. The number of hydrogen-bond donors (Lipinski definition) is 2. The Bertz CT molecular complexity index is 701. The largest absolute Gasteiger partial charge is 0.384 e. The topological polar surface area (TPSA) is 49.3 Å². The molecule has 2 N–H and O–H groups in total. The quantitative estimate of drug-likeness (QED) is 0.836. The molecule has 1 aromatic heterocycles. The highest BCUT2D eigenvalue weighted by atomic mass is 32.1. The molecule has 102 valence electrons. The number of nitrogens with one attached hydrogen (secondary N) is 1. The summed E-state index contributed by atoms with van der Waals surface area (Å²) in [6.45, 7) is -0.256. The van der Waals surface area contributed by atoms with E-state index in [4.69, 9.17) is 5.11 Å². The van der Waals surface area contributed by atoms with Gasteiger partial charge in [0, 0.05) is 11.8 Å². The zero-order chi connectivity index (χ0) is 14.5. The second kappa shape index (κ2) is 6.28. The van der Waals surface area contributed by atoms with Crippen LogP contribution in [0.5, 0.6) is 0 Å². The van der Waals surface area contributed by atoms with Gasteiger partial charge >= 0.3 is 0 Å². The van der Waals surface area contributed by atoms with Gasteiger partial charge in [0.25, 0.3) is 5.91 Å². The summed E-state index contributed by atoms with van der Waals surface area (Å²) in [6.07, 6.45) is 0. The number of amides is 1. The van der Waals surface area contributed by atoms with Crippen LogP contribution in [-0.2, 0) is 0 Å². The van der Waals surface area contributed by atoms with Crippen molar-refractivity contribution in [3.05, 3.63) is 51.7 Å². The van der Waals surface area contributed by atoms with Gasteiger partial charge in [-0.3, -0.25) is 4.79 Å². The molecule has 0 unspecified atom stereocenters. The molecular weight excluding hydrogens is 284 g/mol. The van der Waals surface area contributed by atoms with Crippen LogP contribution >= 0.6 is 11.3 Å². The summed E-state index contributed by atoms with van der Waals surface area (Å²) in [5.74, 6) is 2.72. The highest BCUT2D eigenvalue weighted by Gasteiger charge is 2.10. The summed E-state index contributed by atoms with van der Waals surface area (Å²) in [6, 6.07) is 6.34. The average Bonchev–Trinajstić information content (AvgIpc) is 2.89. The standard InChI is InChI=1S/C14H9F2NO2S/c15-11-5-3-9(8-12(11)16)17-14(19)13-6-4-10(20-13)2-1-7-18/h3-6,8,18H,7H2,(H,17,19). The summed E-state index contributed by atoms with van der Waals surface area (Å²) >= 11 is 1.14. The summed E-state index contributed by atoms with van der Waals surface area (Å²) < 4.78 is 25.8. The van der Waals surface area contributed by atoms with Gasteiger partial charge in [-0.25, -0.2) is 8.78 Å². The Kier molecular flexibility index (Phi) is 4.45. The zero-order valence-electron chi connectivity index (χ0n) is 10.1. The number of rotatable bonds is 2. The van der Waals surface area contributed by atoms with Crippen LogP contribution in [0.4, 0.5) is 14.5 Å². The van der Waals surface area contributed by atoms with Crippen molar-refractivity contribution < 1.29 is 18.7 Å². The first-order valence-corrected chi connectivity index (χ1v) is 6.38. The van der Waals surface area contributed by atoms with Crippen molar-refractivity contribution >= 4 is 22.9 Å². The lowest BCUT2D eigenvalue weighted by atomic mass is 10.3. The number of aliphatic hydroxyl groups excluding tert-OH is 1. The molecule has 0 radical (unpaired) electrons. The smallest absolute Gasteiger partial charge is 0.265 e. The van der Waals surface area contributed by atoms with Crippen LogP contribution in [-0.4, -0.2) is 17.6 Å². The first kappa shape index (κ1) is 14.2. The van der Waals surface area contributed by atoms with E-state index in [1.807, 2.05) is 0 Å². The van der Waals surface area contributed by atoms with E-state index >= 15 is 0 Å². The van der Waals surface area contributed by atoms with Gasteiger partial charge in [-0.15, -0.1) is 11.3 Å². The molecule has 0 spiro atoms. The molecule has 0 aliphatic rings. The van der Waals surface area contributed by atoms with E-state index in [1.165, 1.54) is 6.07 Å². The summed E-state index contributed by atoms with van der Waals surface area (Å²) in [5, 5.41) is 11.0. The monoisotopic (exact) mass is 293 g/mol. The molecule has 0 bridgehead atoms. The van der Waals surface area contributed by atoms with E-state index in [1.54, 1.807) is 12.1 Å². The number of hydrogen-bond acceptors (Lipinski definition) is 3. The SMILES string of the molecule is O=C(Nc1ccc(F)c(F)c1)c1ccc(C#CCO)s1. The molecule has 6 heteroatoms. The van der Waals surface area contributed by atoms with E-state index in [-0.39, 0.29) is 12.3 Å². The number of halogens is 2. The van der Waals surface area contributed by atoms with Crippen molar-refractivity contribution in [1.82, 2.24) is 0 Å². The molecule has 0 aliphatic carbocycles. The third kappa shape index (κ3) is 3.41. The van der Waals surface area contributed by atoms with Gasteiger partial charge in [-0.1, -0.05) is 11.8 Å². The Morgan fingerprint density at radius 3 is 2.75 bits per heavy atom. The predicted molar refractivity (Wildman–Crippen MR) is 72.6 cm³/mol. The maximum atomic E-state index is 13.0. The summed E-state index contributed by atoms with van der Waals surface area (Å²) in [5.41, 5.74) is 0.172. The second-order valence-corrected chi connectivity index (χ2v) is 4.79. The fraction of sp³-hybridized carbons (Fsp3) is 0.0714. The minimum atomic E-state index is -1.02. The molecule has 2 rings (SSSR count). The lowest BCUT2D eigenvalue weighted by molar-refractivity contribution is 0.103. The van der Waals surface area contributed by atoms with E-state index in [2.05, 4.69) is 17.2 Å². The number of aliphatic hydroxyl groups is 1. The maximum Gasteiger partial charge on any atom is 0.265 e. The molecule has 0 saturated carbocycles. The van der Waals surface area contributed by atoms with Crippen molar-refractivity contribution in [2.45, 2.75) is 0 Å². The second-order valence-electron chi connectivity index (χ2n) is 3.71. The van der Waals surface area contributed by atoms with E-state index in [0.29, 0.717) is 9.75 Å². The first-order valence-electron chi connectivity index (χ1n) is 5.56. The first-order chi connectivity index (χ1) is 9.60. The van der Waals surface area contributed by atoms with Crippen molar-refractivity contribution in [2.24, 2.45) is 0 Å². The summed E-state index contributed by atoms with van der Waals surface area (Å²) in [7, 11) is 0. The van der Waals surface area contributed by atoms with Crippen LogP contribution in [0.1, 0.15) is 14.5 Å². The highest BCUT2D eigenvalue weighted by Crippen LogP contribution is 2.18. The van der Waals surface area contributed by atoms with Crippen molar-refractivity contribution in [1.29, 1.82) is 0 Å². The molecular formula is C14H9F2NO2S. The zero-order valence-corrected chi connectivity index (χ0v) is 10.9. The van der Waals surface area contributed by atoms with Gasteiger partial charge in [0.15, 0.2) is 11.6 Å². The van der Waals surface area contributed by atoms with Gasteiger partial charge in [0.2, 0.25) is 0 Å². The van der Waals surface area contributed by atoms with Gasteiger partial charge in [0.1, 0.15) is 6.61 Å². The van der Waals surface area contributed by atoms with E-state index in [0.717, 1.165) is 23.5 Å². The molecule has 20 heavy (non-hydrogen) atoms. The van der Waals surface area contributed by atoms with Gasteiger partial charge in [0.05, 0.1) is 9.75 Å². The normalized spacial score (nSPS) is 9.75. The highest BCUT2D eigenvalue weighted by molar-refractivity contribution is 7.14. The Morgan fingerprint density at radius 2 is 2.05 bits per heavy atom. The molecule has 1 amide bonds. The third-order valence-corrected chi connectivity index (χ3v) is 3.30.